The van der Waals surface area contributed by atoms with E-state index in [1.54, 1.807) is 0 Å². The van der Waals surface area contributed by atoms with Gasteiger partial charge in [-0.05, 0) is 29.8 Å². The second-order valence-corrected chi connectivity index (χ2v) is 6.38. The minimum absolute atomic E-state index is 0.0712. The standard InChI is InChI=1S/C15H11F4N5O2S/c16-11-6-8(21-14-22-13(20)23-24-14)5-10(15(17,18)19)12(11)7-2-1-3-9(4-7)27(25)26/h1-6,27H,(H4,20,21,22,23,24). The lowest BCUT2D eigenvalue weighted by atomic mass is 9.98. The molecule has 0 saturated heterocycles. The number of nitrogens with one attached hydrogen (secondary N) is 2. The van der Waals surface area contributed by atoms with Gasteiger partial charge >= 0.3 is 6.18 Å². The molecule has 0 aliphatic carbocycles. The number of thiol groups is 1. The van der Waals surface area contributed by atoms with E-state index in [9.17, 15) is 26.0 Å². The average Bonchev–Trinajstić information content (AvgIpc) is 2.98. The van der Waals surface area contributed by atoms with Crippen molar-refractivity contribution in [3.63, 3.8) is 0 Å². The smallest absolute Gasteiger partial charge is 0.366 e. The van der Waals surface area contributed by atoms with E-state index in [-0.39, 0.29) is 28.0 Å². The molecule has 0 atom stereocenters. The van der Waals surface area contributed by atoms with Crippen LogP contribution < -0.4 is 11.1 Å². The quantitative estimate of drug-likeness (QED) is 0.395. The molecule has 0 amide bonds. The van der Waals surface area contributed by atoms with Crippen LogP contribution in [0, 0.1) is 5.82 Å². The highest BCUT2D eigenvalue weighted by Gasteiger charge is 2.36. The summed E-state index contributed by atoms with van der Waals surface area (Å²) in [5.74, 6) is -1.41. The first-order chi connectivity index (χ1) is 12.6. The first-order valence-corrected chi connectivity index (χ1v) is 8.43. The van der Waals surface area contributed by atoms with Gasteiger partial charge in [-0.1, -0.05) is 12.1 Å². The van der Waals surface area contributed by atoms with E-state index in [0.29, 0.717) is 6.07 Å². The molecule has 4 N–H and O–H groups in total. The summed E-state index contributed by atoms with van der Waals surface area (Å²) in [5.41, 5.74) is 2.80. The number of benzene rings is 2. The number of nitrogen functional groups attached to an aromatic ring is 1. The predicted octanol–water partition coefficient (Wildman–Crippen LogP) is 2.93. The molecule has 1 aromatic heterocycles. The Bertz CT molecular complexity index is 1070. The summed E-state index contributed by atoms with van der Waals surface area (Å²) in [4.78, 5) is 3.44. The lowest BCUT2D eigenvalue weighted by molar-refractivity contribution is -0.137. The number of H-pyrrole nitrogens is 1. The van der Waals surface area contributed by atoms with Crippen molar-refractivity contribution >= 4 is 28.3 Å². The molecule has 0 spiro atoms. The maximum atomic E-state index is 14.6. The number of alkyl halides is 3. The summed E-state index contributed by atoms with van der Waals surface area (Å²) in [6.45, 7) is 0. The van der Waals surface area contributed by atoms with Gasteiger partial charge in [0, 0.05) is 11.3 Å². The van der Waals surface area contributed by atoms with E-state index < -0.39 is 33.8 Å². The Labute approximate surface area is 151 Å². The lowest BCUT2D eigenvalue weighted by Gasteiger charge is -2.16. The minimum Gasteiger partial charge on any atom is -0.366 e. The summed E-state index contributed by atoms with van der Waals surface area (Å²) in [5, 5.41) is 8.27. The van der Waals surface area contributed by atoms with E-state index in [1.807, 2.05) is 0 Å². The maximum Gasteiger partial charge on any atom is 0.417 e. The number of aromatic nitrogens is 3. The van der Waals surface area contributed by atoms with Gasteiger partial charge in [0.25, 0.3) is 0 Å². The Balaban J connectivity index is 2.15. The molecule has 0 unspecified atom stereocenters. The fourth-order valence-electron chi connectivity index (χ4n) is 2.44. The molecule has 2 aromatic carbocycles. The molecule has 0 fully saturated rings. The fourth-order valence-corrected chi connectivity index (χ4v) is 2.89. The van der Waals surface area contributed by atoms with Gasteiger partial charge in [0.05, 0.1) is 10.5 Å². The van der Waals surface area contributed by atoms with Crippen molar-refractivity contribution in [2.45, 2.75) is 11.1 Å². The van der Waals surface area contributed by atoms with Crippen LogP contribution in [-0.2, 0) is 16.9 Å². The van der Waals surface area contributed by atoms with Crippen LogP contribution in [0.15, 0.2) is 41.3 Å². The Hall–Kier alpha value is -3.15. The molecule has 27 heavy (non-hydrogen) atoms. The summed E-state index contributed by atoms with van der Waals surface area (Å²) in [7, 11) is -3.03. The lowest BCUT2D eigenvalue weighted by Crippen LogP contribution is -2.10. The molecule has 1 heterocycles. The van der Waals surface area contributed by atoms with E-state index in [4.69, 9.17) is 5.73 Å². The monoisotopic (exact) mass is 401 g/mol. The third kappa shape index (κ3) is 4.00. The molecule has 3 aromatic rings. The van der Waals surface area contributed by atoms with Gasteiger partial charge in [-0.15, -0.1) is 5.10 Å². The van der Waals surface area contributed by atoms with Crippen LogP contribution in [0.4, 0.5) is 35.1 Å². The molecule has 12 heteroatoms. The first kappa shape index (κ1) is 18.6. The van der Waals surface area contributed by atoms with Crippen LogP contribution in [0.3, 0.4) is 0 Å². The number of halogens is 4. The molecule has 0 radical (unpaired) electrons. The summed E-state index contributed by atoms with van der Waals surface area (Å²) < 4.78 is 77.4. The Morgan fingerprint density at radius 3 is 2.48 bits per heavy atom. The molecule has 0 saturated carbocycles. The zero-order valence-electron chi connectivity index (χ0n) is 13.2. The molecule has 7 nitrogen and oxygen atoms in total. The number of nitrogens with two attached hydrogens (primary N) is 1. The molecule has 0 aliphatic rings. The number of anilines is 3. The van der Waals surface area contributed by atoms with Crippen LogP contribution >= 0.6 is 0 Å². The van der Waals surface area contributed by atoms with Gasteiger partial charge in [-0.25, -0.2) is 17.9 Å². The van der Waals surface area contributed by atoms with E-state index in [2.05, 4.69) is 20.5 Å². The average molecular weight is 401 g/mol. The van der Waals surface area contributed by atoms with Gasteiger partial charge in [0.2, 0.25) is 11.9 Å². The van der Waals surface area contributed by atoms with Crippen LogP contribution in [-0.4, -0.2) is 23.6 Å². The third-order valence-corrected chi connectivity index (χ3v) is 4.21. The predicted molar refractivity (Wildman–Crippen MR) is 89.5 cm³/mol. The summed E-state index contributed by atoms with van der Waals surface area (Å²) >= 11 is 0. The molecule has 0 bridgehead atoms. The highest BCUT2D eigenvalue weighted by molar-refractivity contribution is 7.72. The molecular formula is C15H11F4N5O2S. The number of hydrogen-bond donors (Lipinski definition) is 4. The number of nitrogens with zero attached hydrogens (tertiary/aromatic N) is 2. The topological polar surface area (TPSA) is 114 Å². The van der Waals surface area contributed by atoms with Crippen LogP contribution in [0.25, 0.3) is 11.1 Å². The van der Waals surface area contributed by atoms with Crippen molar-refractivity contribution in [1.82, 2.24) is 15.2 Å². The largest absolute Gasteiger partial charge is 0.417 e. The fraction of sp³-hybridized carbons (Fsp3) is 0.0667. The first-order valence-electron chi connectivity index (χ1n) is 7.25. The van der Waals surface area contributed by atoms with Gasteiger partial charge in [-0.2, -0.15) is 18.2 Å². The minimum atomic E-state index is -4.90. The van der Waals surface area contributed by atoms with Crippen molar-refractivity contribution in [3.05, 3.63) is 47.8 Å². The van der Waals surface area contributed by atoms with Crippen molar-refractivity contribution in [2.24, 2.45) is 0 Å². The highest BCUT2D eigenvalue weighted by Crippen LogP contribution is 2.41. The van der Waals surface area contributed by atoms with Crippen molar-refractivity contribution in [3.8, 4) is 11.1 Å². The summed E-state index contributed by atoms with van der Waals surface area (Å²) in [6.07, 6.45) is -4.90. The van der Waals surface area contributed by atoms with E-state index in [0.717, 1.165) is 12.1 Å². The summed E-state index contributed by atoms with van der Waals surface area (Å²) in [6, 6.07) is 6.11. The van der Waals surface area contributed by atoms with Gasteiger partial charge in [0.1, 0.15) is 5.82 Å². The Morgan fingerprint density at radius 1 is 1.15 bits per heavy atom. The van der Waals surface area contributed by atoms with Crippen LogP contribution in [0.1, 0.15) is 5.56 Å². The van der Waals surface area contributed by atoms with E-state index >= 15 is 0 Å². The second kappa shape index (κ2) is 6.87. The molecule has 0 aliphatic heterocycles. The molecule has 142 valence electrons. The van der Waals surface area contributed by atoms with Crippen LogP contribution in [0.2, 0.25) is 0 Å². The van der Waals surface area contributed by atoms with Gasteiger partial charge in [0.15, 0.2) is 10.7 Å². The number of rotatable bonds is 4. The Kier molecular flexibility index (Phi) is 4.74. The Morgan fingerprint density at radius 2 is 1.89 bits per heavy atom. The number of hydrogen-bond acceptors (Lipinski definition) is 6. The maximum absolute atomic E-state index is 14.6. The zero-order chi connectivity index (χ0) is 19.8. The molecule has 3 rings (SSSR count). The van der Waals surface area contributed by atoms with Gasteiger partial charge < -0.3 is 11.1 Å². The zero-order valence-corrected chi connectivity index (χ0v) is 14.1. The highest BCUT2D eigenvalue weighted by atomic mass is 32.2. The van der Waals surface area contributed by atoms with Crippen molar-refractivity contribution in [1.29, 1.82) is 0 Å². The van der Waals surface area contributed by atoms with Crippen molar-refractivity contribution < 1.29 is 26.0 Å². The number of aromatic amines is 1. The van der Waals surface area contributed by atoms with Crippen molar-refractivity contribution in [2.75, 3.05) is 11.1 Å². The van der Waals surface area contributed by atoms with Gasteiger partial charge in [-0.3, -0.25) is 0 Å². The van der Waals surface area contributed by atoms with E-state index in [1.165, 1.54) is 18.2 Å². The SMILES string of the molecule is Nc1n[nH]c(Nc2cc(F)c(-c3cccc([SH](=O)=O)c3)c(C(F)(F)F)c2)n1. The molecular weight excluding hydrogens is 390 g/mol. The second-order valence-electron chi connectivity index (χ2n) is 5.35. The normalized spacial score (nSPS) is 11.7. The third-order valence-electron chi connectivity index (χ3n) is 3.51. The van der Waals surface area contributed by atoms with Crippen LogP contribution in [0.5, 0.6) is 0 Å².